The van der Waals surface area contributed by atoms with Crippen LogP contribution in [0.4, 0.5) is 9.59 Å². The van der Waals surface area contributed by atoms with E-state index < -0.39 is 47.8 Å². The summed E-state index contributed by atoms with van der Waals surface area (Å²) in [4.78, 5) is 43.5. The SMILES string of the molecule is CC(C)(C)OC(=O)N1Cc2ccccc2C[C@@H]1[C@@H](O)[C@H](Cc1ccccc1)C(=O)N1C(=O)OC[C@@H]1Cc1ccccc1. The first-order chi connectivity index (χ1) is 20.1. The summed E-state index contributed by atoms with van der Waals surface area (Å²) in [6.45, 7) is 5.70. The molecule has 1 fully saturated rings. The molecular formula is C34H38N2O6. The van der Waals surface area contributed by atoms with Gasteiger partial charge in [0.15, 0.2) is 0 Å². The van der Waals surface area contributed by atoms with Crippen molar-refractivity contribution in [2.75, 3.05) is 6.61 Å². The monoisotopic (exact) mass is 570 g/mol. The van der Waals surface area contributed by atoms with Gasteiger partial charge < -0.3 is 14.6 Å². The summed E-state index contributed by atoms with van der Waals surface area (Å²) in [7, 11) is 0. The van der Waals surface area contributed by atoms with Gasteiger partial charge in [-0.2, -0.15) is 0 Å². The van der Waals surface area contributed by atoms with Crippen molar-refractivity contribution in [2.45, 2.75) is 70.4 Å². The van der Waals surface area contributed by atoms with Gasteiger partial charge in [0.25, 0.3) is 0 Å². The first-order valence-corrected chi connectivity index (χ1v) is 14.4. The van der Waals surface area contributed by atoms with Crippen LogP contribution in [-0.2, 0) is 40.1 Å². The fraction of sp³-hybridized carbons (Fsp3) is 0.382. The number of hydrogen-bond acceptors (Lipinski definition) is 6. The summed E-state index contributed by atoms with van der Waals surface area (Å²) in [6, 6.07) is 25.5. The Morgan fingerprint density at radius 3 is 2.17 bits per heavy atom. The Morgan fingerprint density at radius 1 is 0.929 bits per heavy atom. The van der Waals surface area contributed by atoms with Gasteiger partial charge in [0, 0.05) is 6.54 Å². The first-order valence-electron chi connectivity index (χ1n) is 14.4. The molecule has 3 aromatic rings. The molecule has 8 nitrogen and oxygen atoms in total. The molecule has 0 saturated carbocycles. The number of benzene rings is 3. The Morgan fingerprint density at radius 2 is 1.52 bits per heavy atom. The van der Waals surface area contributed by atoms with Crippen molar-refractivity contribution in [3.8, 4) is 0 Å². The van der Waals surface area contributed by atoms with E-state index in [1.54, 1.807) is 20.8 Å². The number of imide groups is 1. The number of carbonyl (C=O) groups is 3. The summed E-state index contributed by atoms with van der Waals surface area (Å²) in [5.74, 6) is -1.53. The standard InChI is InChI=1S/C34H38N2O6/c1-34(2,3)42-32(39)35-21-26-17-11-10-16-25(26)20-29(35)30(37)28(19-24-14-8-5-9-15-24)31(38)36-27(22-41-33(36)40)18-23-12-6-4-7-13-23/h4-17,27-30,37H,18-22H2,1-3H3/t27-,28-,29+,30-/m0/s1. The minimum atomic E-state index is -1.29. The van der Waals surface area contributed by atoms with Crippen LogP contribution >= 0.6 is 0 Å². The Kier molecular flexibility index (Phi) is 8.64. The third kappa shape index (κ3) is 6.65. The zero-order valence-corrected chi connectivity index (χ0v) is 24.3. The number of amides is 3. The molecule has 0 spiro atoms. The van der Waals surface area contributed by atoms with Gasteiger partial charge in [-0.05, 0) is 62.3 Å². The molecule has 3 aromatic carbocycles. The molecule has 3 amide bonds. The van der Waals surface area contributed by atoms with Crippen molar-refractivity contribution in [3.63, 3.8) is 0 Å². The van der Waals surface area contributed by atoms with E-state index in [4.69, 9.17) is 9.47 Å². The van der Waals surface area contributed by atoms with Crippen molar-refractivity contribution < 1.29 is 29.0 Å². The normalized spacial score (nSPS) is 20.0. The van der Waals surface area contributed by atoms with Crippen LogP contribution in [0.15, 0.2) is 84.9 Å². The maximum atomic E-state index is 14.3. The Balaban J connectivity index is 1.49. The van der Waals surface area contributed by atoms with E-state index in [1.165, 1.54) is 9.80 Å². The van der Waals surface area contributed by atoms with E-state index >= 15 is 0 Å². The fourth-order valence-electron chi connectivity index (χ4n) is 5.81. The molecular weight excluding hydrogens is 532 g/mol. The second-order valence-corrected chi connectivity index (χ2v) is 12.1. The number of carbonyl (C=O) groups excluding carboxylic acids is 3. The van der Waals surface area contributed by atoms with Crippen LogP contribution in [0.5, 0.6) is 0 Å². The number of aliphatic hydroxyl groups is 1. The van der Waals surface area contributed by atoms with Crippen LogP contribution in [0.25, 0.3) is 0 Å². The fourth-order valence-corrected chi connectivity index (χ4v) is 5.81. The molecule has 220 valence electrons. The number of fused-ring (bicyclic) bond motifs is 1. The molecule has 42 heavy (non-hydrogen) atoms. The van der Waals surface area contributed by atoms with Gasteiger partial charge in [-0.1, -0.05) is 84.9 Å². The average molecular weight is 571 g/mol. The van der Waals surface area contributed by atoms with Crippen LogP contribution in [0.2, 0.25) is 0 Å². The summed E-state index contributed by atoms with van der Waals surface area (Å²) in [5, 5.41) is 12.1. The predicted molar refractivity (Wildman–Crippen MR) is 157 cm³/mol. The van der Waals surface area contributed by atoms with E-state index in [9.17, 15) is 19.5 Å². The lowest BCUT2D eigenvalue weighted by atomic mass is 9.82. The molecule has 1 N–H and O–H groups in total. The molecule has 1 saturated heterocycles. The van der Waals surface area contributed by atoms with E-state index in [1.807, 2.05) is 84.9 Å². The molecule has 2 aliphatic rings. The van der Waals surface area contributed by atoms with E-state index in [-0.39, 0.29) is 19.6 Å². The Bertz CT molecular complexity index is 1400. The molecule has 0 aliphatic carbocycles. The quantitative estimate of drug-likeness (QED) is 0.422. The maximum absolute atomic E-state index is 14.3. The summed E-state index contributed by atoms with van der Waals surface area (Å²) in [6.07, 6.45) is -1.60. The van der Waals surface area contributed by atoms with Crippen LogP contribution in [-0.4, -0.2) is 63.4 Å². The van der Waals surface area contributed by atoms with Crippen LogP contribution in [0.3, 0.4) is 0 Å². The van der Waals surface area contributed by atoms with E-state index in [2.05, 4.69) is 0 Å². The zero-order chi connectivity index (χ0) is 29.9. The van der Waals surface area contributed by atoms with Crippen molar-refractivity contribution >= 4 is 18.1 Å². The largest absolute Gasteiger partial charge is 0.447 e. The average Bonchev–Trinajstić information content (AvgIpc) is 3.34. The lowest BCUT2D eigenvalue weighted by Crippen LogP contribution is -2.57. The highest BCUT2D eigenvalue weighted by atomic mass is 16.6. The minimum Gasteiger partial charge on any atom is -0.447 e. The van der Waals surface area contributed by atoms with Gasteiger partial charge in [-0.25, -0.2) is 14.5 Å². The van der Waals surface area contributed by atoms with Crippen molar-refractivity contribution in [1.82, 2.24) is 9.80 Å². The molecule has 0 bridgehead atoms. The van der Waals surface area contributed by atoms with Gasteiger partial charge in [-0.3, -0.25) is 9.69 Å². The number of cyclic esters (lactones) is 1. The molecule has 8 heteroatoms. The Labute approximate surface area is 246 Å². The number of aliphatic hydroxyl groups excluding tert-OH is 1. The number of nitrogens with zero attached hydrogens (tertiary/aromatic N) is 2. The second kappa shape index (κ2) is 12.4. The molecule has 2 heterocycles. The van der Waals surface area contributed by atoms with Gasteiger partial charge in [0.1, 0.15) is 12.2 Å². The first kappa shape index (κ1) is 29.3. The molecule has 0 radical (unpaired) electrons. The number of rotatable bonds is 7. The van der Waals surface area contributed by atoms with Gasteiger partial charge in [0.05, 0.1) is 24.1 Å². The van der Waals surface area contributed by atoms with Crippen LogP contribution in [0.1, 0.15) is 43.0 Å². The Hall–Kier alpha value is -4.17. The molecule has 2 aliphatic heterocycles. The molecule has 0 unspecified atom stereocenters. The van der Waals surface area contributed by atoms with Crippen molar-refractivity contribution in [3.05, 3.63) is 107 Å². The lowest BCUT2D eigenvalue weighted by Gasteiger charge is -2.42. The topological polar surface area (TPSA) is 96.4 Å². The van der Waals surface area contributed by atoms with Crippen LogP contribution < -0.4 is 0 Å². The molecule has 5 rings (SSSR count). The highest BCUT2D eigenvalue weighted by molar-refractivity contribution is 5.95. The van der Waals surface area contributed by atoms with E-state index in [0.717, 1.165) is 22.3 Å². The van der Waals surface area contributed by atoms with Crippen molar-refractivity contribution in [2.24, 2.45) is 5.92 Å². The van der Waals surface area contributed by atoms with Crippen LogP contribution in [0, 0.1) is 5.92 Å². The number of ether oxygens (including phenoxy) is 2. The highest BCUT2D eigenvalue weighted by Crippen LogP contribution is 2.32. The lowest BCUT2D eigenvalue weighted by molar-refractivity contribution is -0.139. The molecule has 4 atom stereocenters. The smallest absolute Gasteiger partial charge is 0.416 e. The second-order valence-electron chi connectivity index (χ2n) is 12.1. The molecule has 0 aromatic heterocycles. The maximum Gasteiger partial charge on any atom is 0.416 e. The van der Waals surface area contributed by atoms with Gasteiger partial charge in [0.2, 0.25) is 5.91 Å². The predicted octanol–water partition coefficient (Wildman–Crippen LogP) is 5.16. The third-order valence-corrected chi connectivity index (χ3v) is 7.85. The van der Waals surface area contributed by atoms with Crippen molar-refractivity contribution in [1.29, 1.82) is 0 Å². The number of hydrogen-bond donors (Lipinski definition) is 1. The highest BCUT2D eigenvalue weighted by Gasteiger charge is 2.47. The van der Waals surface area contributed by atoms with Gasteiger partial charge in [-0.15, -0.1) is 0 Å². The zero-order valence-electron chi connectivity index (χ0n) is 24.3. The minimum absolute atomic E-state index is 0.0778. The third-order valence-electron chi connectivity index (χ3n) is 7.85. The van der Waals surface area contributed by atoms with E-state index in [0.29, 0.717) is 12.8 Å². The summed E-state index contributed by atoms with van der Waals surface area (Å²) >= 11 is 0. The summed E-state index contributed by atoms with van der Waals surface area (Å²) in [5.41, 5.74) is 3.02. The van der Waals surface area contributed by atoms with Gasteiger partial charge >= 0.3 is 12.2 Å². The summed E-state index contributed by atoms with van der Waals surface area (Å²) < 4.78 is 11.1.